The van der Waals surface area contributed by atoms with Crippen LogP contribution in [-0.2, 0) is 42.1 Å². The number of para-hydroxylation sites is 1. The van der Waals surface area contributed by atoms with Crippen LogP contribution in [0.15, 0.2) is 36.4 Å². The molecule has 0 radical (unpaired) electrons. The Hall–Kier alpha value is -3.42. The second-order valence-electron chi connectivity index (χ2n) is 8.14. The maximum absolute atomic E-state index is 15.9. The molecule has 11 nitrogen and oxygen atoms in total. The smallest absolute Gasteiger partial charge is 0.411 e. The highest BCUT2D eigenvalue weighted by molar-refractivity contribution is 7.92. The van der Waals surface area contributed by atoms with E-state index < -0.39 is 46.4 Å². The molecule has 36 heavy (non-hydrogen) atoms. The molecule has 13 heteroatoms. The number of aryl methyl sites for hydroxylation is 1. The van der Waals surface area contributed by atoms with Crippen LogP contribution >= 0.6 is 0 Å². The minimum Gasteiger partial charge on any atom is -0.465 e. The van der Waals surface area contributed by atoms with Gasteiger partial charge < -0.3 is 18.9 Å². The number of amides is 2. The molecule has 1 fully saturated rings. The number of anilines is 2. The molecule has 2 N–H and O–H groups in total. The Balaban J connectivity index is 1.57. The molecule has 1 saturated heterocycles. The number of nitrogens with zero attached hydrogens (tertiary/aromatic N) is 1. The molecule has 1 atom stereocenters. The minimum absolute atomic E-state index is 0.0241. The van der Waals surface area contributed by atoms with Gasteiger partial charge in [-0.2, -0.15) is 8.42 Å². The first-order chi connectivity index (χ1) is 17.3. The summed E-state index contributed by atoms with van der Waals surface area (Å²) < 4.78 is 64.5. The van der Waals surface area contributed by atoms with Gasteiger partial charge in [0.2, 0.25) is 0 Å². The third-order valence-electron chi connectivity index (χ3n) is 5.66. The first-order valence-corrected chi connectivity index (χ1v) is 12.6. The second-order valence-corrected chi connectivity index (χ2v) is 9.73. The summed E-state index contributed by atoms with van der Waals surface area (Å²) >= 11 is 0. The largest absolute Gasteiger partial charge is 0.465 e. The van der Waals surface area contributed by atoms with E-state index in [-0.39, 0.29) is 31.1 Å². The topological polar surface area (TPSA) is 132 Å². The molecule has 1 aliphatic heterocycles. The van der Waals surface area contributed by atoms with Crippen LogP contribution in [0.1, 0.15) is 17.5 Å². The summed E-state index contributed by atoms with van der Waals surface area (Å²) in [6, 6.07) is 10.3. The van der Waals surface area contributed by atoms with Crippen LogP contribution in [0, 0.1) is 5.82 Å². The molecule has 4 rings (SSSR count). The van der Waals surface area contributed by atoms with E-state index in [4.69, 9.17) is 18.9 Å². The number of nitrogens with one attached hydrogen (secondary N) is 2. The van der Waals surface area contributed by atoms with Crippen LogP contribution < -0.4 is 19.1 Å². The Morgan fingerprint density at radius 3 is 2.72 bits per heavy atom. The van der Waals surface area contributed by atoms with E-state index in [2.05, 4.69) is 5.32 Å². The number of carbonyl (C=O) groups is 2. The van der Waals surface area contributed by atoms with Crippen LogP contribution in [0.25, 0.3) is 0 Å². The van der Waals surface area contributed by atoms with Gasteiger partial charge in [-0.3, -0.25) is 10.1 Å². The van der Waals surface area contributed by atoms with E-state index in [1.54, 1.807) is 24.3 Å². The zero-order valence-electron chi connectivity index (χ0n) is 19.5. The first-order valence-electron chi connectivity index (χ1n) is 11.2. The van der Waals surface area contributed by atoms with Crippen molar-refractivity contribution >= 4 is 33.6 Å². The van der Waals surface area contributed by atoms with Gasteiger partial charge in [0.1, 0.15) is 24.1 Å². The maximum Gasteiger partial charge on any atom is 0.411 e. The number of ether oxygens (including phenoxy) is 4. The normalized spacial score (nSPS) is 18.3. The van der Waals surface area contributed by atoms with Gasteiger partial charge in [-0.15, -0.1) is 0 Å². The minimum atomic E-state index is -4.31. The summed E-state index contributed by atoms with van der Waals surface area (Å²) in [5.74, 6) is -1.74. The van der Waals surface area contributed by atoms with Crippen molar-refractivity contribution in [3.8, 4) is 5.75 Å². The zero-order valence-corrected chi connectivity index (χ0v) is 20.3. The van der Waals surface area contributed by atoms with Gasteiger partial charge in [0, 0.05) is 19.2 Å². The third kappa shape index (κ3) is 5.86. The number of hydrogen-bond donors (Lipinski definition) is 2. The third-order valence-corrected chi connectivity index (χ3v) is 7.04. The number of carbonyl (C=O) groups excluding carboxylic acids is 2. The molecular weight excluding hydrogens is 497 g/mol. The van der Waals surface area contributed by atoms with Crippen molar-refractivity contribution in [1.29, 1.82) is 0 Å². The highest BCUT2D eigenvalue weighted by atomic mass is 32.2. The van der Waals surface area contributed by atoms with Gasteiger partial charge in [-0.05, 0) is 42.2 Å². The lowest BCUT2D eigenvalue weighted by Crippen LogP contribution is -2.32. The van der Waals surface area contributed by atoms with Crippen LogP contribution in [0.2, 0.25) is 0 Å². The average molecular weight is 524 g/mol. The van der Waals surface area contributed by atoms with Gasteiger partial charge in [-0.25, -0.2) is 18.2 Å². The summed E-state index contributed by atoms with van der Waals surface area (Å²) in [5, 5.41) is 2.62. The van der Waals surface area contributed by atoms with Crippen molar-refractivity contribution in [2.75, 3.05) is 43.3 Å². The number of hydrogen-bond acceptors (Lipinski definition) is 8. The van der Waals surface area contributed by atoms with Gasteiger partial charge >= 0.3 is 16.3 Å². The fourth-order valence-electron chi connectivity index (χ4n) is 4.01. The average Bonchev–Trinajstić information content (AvgIpc) is 3.11. The van der Waals surface area contributed by atoms with Gasteiger partial charge in [0.05, 0.1) is 13.2 Å². The zero-order chi connectivity index (χ0) is 25.7. The Morgan fingerprint density at radius 1 is 1.25 bits per heavy atom. The lowest BCUT2D eigenvalue weighted by Gasteiger charge is -2.28. The lowest BCUT2D eigenvalue weighted by molar-refractivity contribution is -0.117. The Morgan fingerprint density at radius 2 is 2.03 bits per heavy atom. The van der Waals surface area contributed by atoms with Crippen molar-refractivity contribution in [3.05, 3.63) is 53.3 Å². The van der Waals surface area contributed by atoms with Crippen molar-refractivity contribution in [2.45, 2.75) is 25.4 Å². The van der Waals surface area contributed by atoms with Crippen LogP contribution in [-0.4, -0.2) is 60.2 Å². The number of benzene rings is 2. The molecule has 1 unspecified atom stereocenters. The molecule has 0 saturated carbocycles. The summed E-state index contributed by atoms with van der Waals surface area (Å²) in [6.45, 7) is -0.355. The summed E-state index contributed by atoms with van der Waals surface area (Å²) in [5.41, 5.74) is 0.924. The molecule has 2 aromatic carbocycles. The van der Waals surface area contributed by atoms with Gasteiger partial charge in [-0.1, -0.05) is 18.2 Å². The lowest BCUT2D eigenvalue weighted by atomic mass is 9.88. The highest BCUT2D eigenvalue weighted by Gasteiger charge is 2.39. The molecule has 1 heterocycles. The Labute approximate surface area is 207 Å². The Bertz CT molecular complexity index is 1230. The predicted octanol–water partition coefficient (Wildman–Crippen LogP) is 2.11. The fraction of sp³-hybridized carbons (Fsp3) is 0.391. The van der Waals surface area contributed by atoms with Crippen LogP contribution in [0.3, 0.4) is 0 Å². The second kappa shape index (κ2) is 11.1. The summed E-state index contributed by atoms with van der Waals surface area (Å²) in [4.78, 5) is 24.1. The van der Waals surface area contributed by atoms with Gasteiger partial charge in [0.25, 0.3) is 5.91 Å². The summed E-state index contributed by atoms with van der Waals surface area (Å²) in [6.07, 6.45) is -0.500. The number of methoxy groups -OCH3 is 1. The summed E-state index contributed by atoms with van der Waals surface area (Å²) in [7, 11) is -2.80. The van der Waals surface area contributed by atoms with Gasteiger partial charge in [0.15, 0.2) is 12.6 Å². The first kappa shape index (κ1) is 25.7. The molecule has 2 amide bonds. The molecule has 2 aliphatic rings. The maximum atomic E-state index is 15.9. The standard InChI is InChI=1S/C23H26FN3O8S/c1-32-9-10-33-14-34-19-11-15-7-8-17(35-23(29)25-16-5-3-2-4-6-16)12-18(15)21(24)22(19)27-13-20(28)26-36(27,30)31/h2-6,11,17H,7-10,12-14H2,1H3,(H,25,29)(H,26,28). The van der Waals surface area contributed by atoms with E-state index in [1.807, 2.05) is 10.8 Å². The fourth-order valence-corrected chi connectivity index (χ4v) is 5.17. The SMILES string of the molecule is COCCOCOc1cc2c(c(F)c1N1CC(=O)NS1(=O)=O)CC(OC(=O)Nc1ccccc1)CC2. The van der Waals surface area contributed by atoms with Crippen molar-refractivity contribution in [3.63, 3.8) is 0 Å². The molecule has 0 bridgehead atoms. The van der Waals surface area contributed by atoms with Crippen LogP contribution in [0.4, 0.5) is 20.6 Å². The number of fused-ring (bicyclic) bond motifs is 1. The molecular formula is C23H26FN3O8S. The van der Waals surface area contributed by atoms with E-state index in [0.29, 0.717) is 35.0 Å². The highest BCUT2D eigenvalue weighted by Crippen LogP contribution is 2.40. The Kier molecular flexibility index (Phi) is 7.91. The monoisotopic (exact) mass is 523 g/mol. The van der Waals surface area contributed by atoms with E-state index in [9.17, 15) is 18.0 Å². The predicted molar refractivity (Wildman–Crippen MR) is 126 cm³/mol. The van der Waals surface area contributed by atoms with Crippen molar-refractivity contribution in [1.82, 2.24) is 4.72 Å². The number of halogens is 1. The molecule has 0 aromatic heterocycles. The van der Waals surface area contributed by atoms with Crippen LogP contribution in [0.5, 0.6) is 5.75 Å². The van der Waals surface area contributed by atoms with Crippen molar-refractivity contribution in [2.24, 2.45) is 0 Å². The molecule has 194 valence electrons. The van der Waals surface area contributed by atoms with Crippen molar-refractivity contribution < 1.29 is 41.3 Å². The van der Waals surface area contributed by atoms with E-state index >= 15 is 4.39 Å². The van der Waals surface area contributed by atoms with E-state index in [0.717, 1.165) is 0 Å². The quantitative estimate of drug-likeness (QED) is 0.377. The molecule has 2 aromatic rings. The molecule has 1 aliphatic carbocycles. The molecule has 0 spiro atoms. The number of rotatable bonds is 9. The van der Waals surface area contributed by atoms with E-state index in [1.165, 1.54) is 13.2 Å².